The quantitative estimate of drug-likeness (QED) is 0.867. The van der Waals surface area contributed by atoms with Gasteiger partial charge in [-0.1, -0.05) is 0 Å². The lowest BCUT2D eigenvalue weighted by molar-refractivity contribution is -0.133. The Hall–Kier alpha value is -2.11. The molecular formula is C17H23N5O. The second kappa shape index (κ2) is 5.51. The third-order valence-corrected chi connectivity index (χ3v) is 5.17. The second-order valence-corrected chi connectivity index (χ2v) is 6.76. The zero-order chi connectivity index (χ0) is 16.0. The van der Waals surface area contributed by atoms with E-state index in [1.54, 1.807) is 6.20 Å². The summed E-state index contributed by atoms with van der Waals surface area (Å²) < 4.78 is 2.06. The summed E-state index contributed by atoms with van der Waals surface area (Å²) in [4.78, 5) is 25.7. The maximum absolute atomic E-state index is 12.2. The Morgan fingerprint density at radius 3 is 2.65 bits per heavy atom. The highest BCUT2D eigenvalue weighted by atomic mass is 16.2. The minimum absolute atomic E-state index is 0.309. The van der Waals surface area contributed by atoms with Crippen LogP contribution in [0.3, 0.4) is 0 Å². The van der Waals surface area contributed by atoms with Gasteiger partial charge in [0.2, 0.25) is 11.9 Å². The number of aromatic nitrogens is 3. The van der Waals surface area contributed by atoms with E-state index in [1.165, 1.54) is 0 Å². The highest BCUT2D eigenvalue weighted by molar-refractivity contribution is 5.81. The van der Waals surface area contributed by atoms with Crippen LogP contribution in [0.2, 0.25) is 0 Å². The first-order valence-electron chi connectivity index (χ1n) is 8.44. The first-order valence-corrected chi connectivity index (χ1v) is 8.44. The van der Waals surface area contributed by atoms with Crippen molar-refractivity contribution in [1.82, 2.24) is 19.4 Å². The third-order valence-electron chi connectivity index (χ3n) is 5.17. The molecular weight excluding hydrogens is 290 g/mol. The molecule has 2 fully saturated rings. The number of carbonyl (C=O) groups excluding carboxylic acids is 1. The standard InChI is InChI=1S/C17H23N5O/c1-20(16(23)12-5-6-12)13-7-10-22(11-8-13)17-19-14-4-3-9-18-15(14)21(17)2/h3-4,9,12-13H,5-8,10-11H2,1-2H3. The van der Waals surface area contributed by atoms with Crippen LogP contribution in [0.25, 0.3) is 11.2 Å². The van der Waals surface area contributed by atoms with Gasteiger partial charge < -0.3 is 9.80 Å². The molecule has 0 N–H and O–H groups in total. The minimum Gasteiger partial charge on any atom is -0.342 e. The van der Waals surface area contributed by atoms with Gasteiger partial charge in [-0.15, -0.1) is 0 Å². The molecule has 1 saturated carbocycles. The summed E-state index contributed by atoms with van der Waals surface area (Å²) in [5.74, 6) is 1.63. The van der Waals surface area contributed by atoms with Gasteiger partial charge in [0.25, 0.3) is 0 Å². The SMILES string of the molecule is CN(C(=O)C1CC1)C1CCN(c2nc3cccnc3n2C)CC1. The van der Waals surface area contributed by atoms with E-state index in [0.717, 1.165) is 55.9 Å². The maximum Gasteiger partial charge on any atom is 0.225 e. The lowest BCUT2D eigenvalue weighted by atomic mass is 10.0. The lowest BCUT2D eigenvalue weighted by Crippen LogP contribution is -2.46. The summed E-state index contributed by atoms with van der Waals surface area (Å²) in [6.45, 7) is 1.87. The van der Waals surface area contributed by atoms with Crippen LogP contribution in [0.4, 0.5) is 5.95 Å². The molecule has 2 aromatic heterocycles. The zero-order valence-electron chi connectivity index (χ0n) is 13.8. The van der Waals surface area contributed by atoms with Gasteiger partial charge in [0.05, 0.1) is 0 Å². The van der Waals surface area contributed by atoms with E-state index in [-0.39, 0.29) is 0 Å². The number of hydrogen-bond donors (Lipinski definition) is 0. The van der Waals surface area contributed by atoms with Crippen molar-refractivity contribution in [3.05, 3.63) is 18.3 Å². The fourth-order valence-electron chi connectivity index (χ4n) is 3.55. The van der Waals surface area contributed by atoms with Crippen molar-refractivity contribution < 1.29 is 4.79 Å². The molecule has 1 amide bonds. The van der Waals surface area contributed by atoms with Gasteiger partial charge in [-0.25, -0.2) is 9.97 Å². The Bertz CT molecular complexity index is 728. The second-order valence-electron chi connectivity index (χ2n) is 6.76. The Morgan fingerprint density at radius 1 is 1.26 bits per heavy atom. The predicted molar refractivity (Wildman–Crippen MR) is 89.2 cm³/mol. The minimum atomic E-state index is 0.309. The normalized spacial score (nSPS) is 19.3. The molecule has 122 valence electrons. The number of pyridine rings is 1. The van der Waals surface area contributed by atoms with Crippen LogP contribution in [0.5, 0.6) is 0 Å². The van der Waals surface area contributed by atoms with Crippen LogP contribution in [-0.2, 0) is 11.8 Å². The van der Waals surface area contributed by atoms with Crippen LogP contribution in [-0.4, -0.2) is 51.5 Å². The number of nitrogens with zero attached hydrogens (tertiary/aromatic N) is 5. The molecule has 1 saturated heterocycles. The molecule has 4 rings (SSSR count). The number of anilines is 1. The van der Waals surface area contributed by atoms with E-state index in [1.807, 2.05) is 31.1 Å². The molecule has 2 aliphatic rings. The molecule has 1 aliphatic carbocycles. The number of carbonyl (C=O) groups is 1. The van der Waals surface area contributed by atoms with Gasteiger partial charge in [0.15, 0.2) is 5.65 Å². The average molecular weight is 313 g/mol. The summed E-state index contributed by atoms with van der Waals surface area (Å²) >= 11 is 0. The highest BCUT2D eigenvalue weighted by Crippen LogP contribution is 2.32. The highest BCUT2D eigenvalue weighted by Gasteiger charge is 2.35. The summed E-state index contributed by atoms with van der Waals surface area (Å²) in [6, 6.07) is 4.29. The summed E-state index contributed by atoms with van der Waals surface area (Å²) in [6.07, 6.45) is 5.97. The number of aryl methyl sites for hydroxylation is 1. The topological polar surface area (TPSA) is 54.3 Å². The number of hydrogen-bond acceptors (Lipinski definition) is 4. The van der Waals surface area contributed by atoms with Gasteiger partial charge in [-0.3, -0.25) is 9.36 Å². The van der Waals surface area contributed by atoms with Crippen LogP contribution in [0.15, 0.2) is 18.3 Å². The number of piperidine rings is 1. The molecule has 0 bridgehead atoms. The Kier molecular flexibility index (Phi) is 3.47. The lowest BCUT2D eigenvalue weighted by Gasteiger charge is -2.37. The number of fused-ring (bicyclic) bond motifs is 1. The molecule has 0 unspecified atom stereocenters. The maximum atomic E-state index is 12.2. The fourth-order valence-corrected chi connectivity index (χ4v) is 3.55. The van der Waals surface area contributed by atoms with Crippen molar-refractivity contribution in [1.29, 1.82) is 0 Å². The summed E-state index contributed by atoms with van der Waals surface area (Å²) in [5, 5.41) is 0. The van der Waals surface area contributed by atoms with Gasteiger partial charge in [0.1, 0.15) is 5.52 Å². The molecule has 0 spiro atoms. The largest absolute Gasteiger partial charge is 0.342 e. The van der Waals surface area contributed by atoms with Crippen molar-refractivity contribution in [2.75, 3.05) is 25.0 Å². The zero-order valence-corrected chi connectivity index (χ0v) is 13.8. The fraction of sp³-hybridized carbons (Fsp3) is 0.588. The van der Waals surface area contributed by atoms with E-state index in [4.69, 9.17) is 4.98 Å². The van der Waals surface area contributed by atoms with E-state index >= 15 is 0 Å². The van der Waals surface area contributed by atoms with Crippen molar-refractivity contribution in [3.63, 3.8) is 0 Å². The molecule has 6 heteroatoms. The summed E-state index contributed by atoms with van der Waals surface area (Å²) in [7, 11) is 3.99. The number of imidazole rings is 1. The van der Waals surface area contributed by atoms with E-state index in [2.05, 4.69) is 14.5 Å². The molecule has 23 heavy (non-hydrogen) atoms. The molecule has 1 aliphatic heterocycles. The van der Waals surface area contributed by atoms with Crippen LogP contribution >= 0.6 is 0 Å². The predicted octanol–water partition coefficient (Wildman–Crippen LogP) is 1.81. The third kappa shape index (κ3) is 2.56. The van der Waals surface area contributed by atoms with Crippen LogP contribution in [0, 0.1) is 5.92 Å². The molecule has 2 aromatic rings. The van der Waals surface area contributed by atoms with E-state index in [0.29, 0.717) is 17.9 Å². The first-order chi connectivity index (χ1) is 11.1. The van der Waals surface area contributed by atoms with Crippen molar-refractivity contribution in [2.24, 2.45) is 13.0 Å². The molecule has 3 heterocycles. The van der Waals surface area contributed by atoms with Crippen LogP contribution in [0.1, 0.15) is 25.7 Å². The first kappa shape index (κ1) is 14.5. The van der Waals surface area contributed by atoms with Crippen molar-refractivity contribution in [3.8, 4) is 0 Å². The Balaban J connectivity index is 1.46. The van der Waals surface area contributed by atoms with Crippen molar-refractivity contribution >= 4 is 23.0 Å². The molecule has 6 nitrogen and oxygen atoms in total. The van der Waals surface area contributed by atoms with E-state index < -0.39 is 0 Å². The smallest absolute Gasteiger partial charge is 0.225 e. The Labute approximate surface area is 136 Å². The van der Waals surface area contributed by atoms with E-state index in [9.17, 15) is 4.79 Å². The van der Waals surface area contributed by atoms with Gasteiger partial charge >= 0.3 is 0 Å². The van der Waals surface area contributed by atoms with Crippen molar-refractivity contribution in [2.45, 2.75) is 31.7 Å². The average Bonchev–Trinajstić information content (AvgIpc) is 3.39. The molecule has 0 radical (unpaired) electrons. The van der Waals surface area contributed by atoms with Gasteiger partial charge in [-0.2, -0.15) is 0 Å². The Morgan fingerprint density at radius 2 is 2.00 bits per heavy atom. The van der Waals surface area contributed by atoms with Gasteiger partial charge in [-0.05, 0) is 37.8 Å². The monoisotopic (exact) mass is 313 g/mol. The summed E-state index contributed by atoms with van der Waals surface area (Å²) in [5.41, 5.74) is 1.86. The van der Waals surface area contributed by atoms with Gasteiger partial charge in [0, 0.05) is 45.3 Å². The van der Waals surface area contributed by atoms with Crippen LogP contribution < -0.4 is 4.90 Å². The number of rotatable bonds is 3. The molecule has 0 atom stereocenters. The number of amides is 1. The molecule has 0 aromatic carbocycles.